The molecule has 6 heteroatoms. The second kappa shape index (κ2) is 10.0. The van der Waals surface area contributed by atoms with E-state index in [9.17, 15) is 4.79 Å². The minimum absolute atomic E-state index is 0.0675. The average molecular weight is 456 g/mol. The van der Waals surface area contributed by atoms with Gasteiger partial charge in [-0.2, -0.15) is 0 Å². The molecule has 2 heterocycles. The van der Waals surface area contributed by atoms with E-state index in [-0.39, 0.29) is 5.56 Å². The predicted molar refractivity (Wildman–Crippen MR) is 133 cm³/mol. The highest BCUT2D eigenvalue weighted by molar-refractivity contribution is 5.36. The summed E-state index contributed by atoms with van der Waals surface area (Å²) in [5, 5.41) is 0. The minimum atomic E-state index is 0.0675. The third-order valence-electron chi connectivity index (χ3n) is 6.31. The summed E-state index contributed by atoms with van der Waals surface area (Å²) in [6.07, 6.45) is 0.725. The van der Waals surface area contributed by atoms with E-state index in [0.29, 0.717) is 19.7 Å². The first kappa shape index (κ1) is 22.0. The summed E-state index contributed by atoms with van der Waals surface area (Å²) in [6, 6.07) is 27.8. The second-order valence-corrected chi connectivity index (χ2v) is 8.43. The van der Waals surface area contributed by atoms with Gasteiger partial charge in [-0.25, -0.2) is 4.68 Å². The lowest BCUT2D eigenvalue weighted by molar-refractivity contribution is 0.225. The molecule has 34 heavy (non-hydrogen) atoms. The molecule has 0 saturated heterocycles. The normalized spacial score (nSPS) is 13.4. The Morgan fingerprint density at radius 1 is 0.882 bits per heavy atom. The van der Waals surface area contributed by atoms with Crippen LogP contribution in [0.5, 0.6) is 11.5 Å². The molecule has 0 aliphatic carbocycles. The third-order valence-corrected chi connectivity index (χ3v) is 6.31. The van der Waals surface area contributed by atoms with Crippen molar-refractivity contribution < 1.29 is 9.47 Å². The van der Waals surface area contributed by atoms with Crippen LogP contribution in [0.3, 0.4) is 0 Å². The zero-order valence-electron chi connectivity index (χ0n) is 19.4. The Balaban J connectivity index is 1.45. The fourth-order valence-corrected chi connectivity index (χ4v) is 4.66. The summed E-state index contributed by atoms with van der Waals surface area (Å²) in [5.41, 5.74) is 4.06. The number of ether oxygens (including phenoxy) is 2. The molecule has 1 aromatic heterocycles. The van der Waals surface area contributed by atoms with Crippen LogP contribution in [0.15, 0.2) is 89.7 Å². The molecule has 0 spiro atoms. The lowest BCUT2D eigenvalue weighted by Crippen LogP contribution is -2.32. The Hall–Kier alpha value is -3.77. The van der Waals surface area contributed by atoms with Crippen molar-refractivity contribution in [3.8, 4) is 17.2 Å². The van der Waals surface area contributed by atoms with Crippen molar-refractivity contribution in [1.82, 2.24) is 14.3 Å². The summed E-state index contributed by atoms with van der Waals surface area (Å²) < 4.78 is 15.5. The van der Waals surface area contributed by atoms with Gasteiger partial charge in [-0.3, -0.25) is 14.4 Å². The molecule has 0 unspecified atom stereocenters. The molecule has 0 radical (unpaired) electrons. The van der Waals surface area contributed by atoms with Gasteiger partial charge in [-0.05, 0) is 36.8 Å². The molecule has 0 amide bonds. The number of rotatable bonds is 8. The first-order valence-electron chi connectivity index (χ1n) is 11.7. The molecule has 174 valence electrons. The van der Waals surface area contributed by atoms with Crippen molar-refractivity contribution in [3.05, 3.63) is 112 Å². The smallest absolute Gasteiger partial charge is 0.274 e. The van der Waals surface area contributed by atoms with Crippen molar-refractivity contribution in [2.75, 3.05) is 20.3 Å². The zero-order valence-corrected chi connectivity index (χ0v) is 19.4. The number of methoxy groups -OCH3 is 1. The van der Waals surface area contributed by atoms with E-state index >= 15 is 0 Å². The van der Waals surface area contributed by atoms with Crippen LogP contribution < -0.4 is 15.0 Å². The molecule has 0 atom stereocenters. The Morgan fingerprint density at radius 3 is 2.35 bits per heavy atom. The fraction of sp³-hybridized carbons (Fsp3) is 0.250. The molecule has 0 fully saturated rings. The van der Waals surface area contributed by atoms with E-state index in [1.807, 2.05) is 83.5 Å². The van der Waals surface area contributed by atoms with Crippen LogP contribution in [0.2, 0.25) is 0 Å². The molecular formula is C28H29N3O3. The van der Waals surface area contributed by atoms with Crippen LogP contribution in [-0.2, 0) is 26.1 Å². The number of para-hydroxylation sites is 3. The van der Waals surface area contributed by atoms with E-state index in [4.69, 9.17) is 9.47 Å². The van der Waals surface area contributed by atoms with E-state index in [2.05, 4.69) is 15.6 Å². The first-order valence-corrected chi connectivity index (χ1v) is 11.7. The summed E-state index contributed by atoms with van der Waals surface area (Å²) in [6.45, 7) is 3.36. The minimum Gasteiger partial charge on any atom is -0.496 e. The van der Waals surface area contributed by atoms with E-state index in [0.717, 1.165) is 53.5 Å². The van der Waals surface area contributed by atoms with Gasteiger partial charge in [0.1, 0.15) is 18.1 Å². The molecule has 6 nitrogen and oxygen atoms in total. The van der Waals surface area contributed by atoms with Crippen molar-refractivity contribution in [2.45, 2.75) is 26.1 Å². The maximum Gasteiger partial charge on any atom is 0.274 e. The highest BCUT2D eigenvalue weighted by Gasteiger charge is 2.27. The molecule has 0 bridgehead atoms. The first-order chi connectivity index (χ1) is 16.7. The van der Waals surface area contributed by atoms with Gasteiger partial charge in [0.25, 0.3) is 5.56 Å². The van der Waals surface area contributed by atoms with E-state index in [1.165, 1.54) is 0 Å². The topological polar surface area (TPSA) is 48.6 Å². The maximum absolute atomic E-state index is 13.5. The van der Waals surface area contributed by atoms with Crippen LogP contribution in [-0.4, -0.2) is 34.5 Å². The fourth-order valence-electron chi connectivity index (χ4n) is 4.66. The van der Waals surface area contributed by atoms with Crippen LogP contribution in [0, 0.1) is 0 Å². The molecule has 0 N–H and O–H groups in total. The van der Waals surface area contributed by atoms with Gasteiger partial charge in [0.05, 0.1) is 25.0 Å². The number of aromatic nitrogens is 2. The van der Waals surface area contributed by atoms with Crippen LogP contribution in [0.4, 0.5) is 0 Å². The number of nitrogens with zero attached hydrogens (tertiary/aromatic N) is 3. The summed E-state index contributed by atoms with van der Waals surface area (Å²) in [7, 11) is 1.71. The molecule has 5 rings (SSSR count). The van der Waals surface area contributed by atoms with Crippen molar-refractivity contribution >= 4 is 0 Å². The van der Waals surface area contributed by atoms with Crippen LogP contribution >= 0.6 is 0 Å². The Kier molecular flexibility index (Phi) is 6.49. The van der Waals surface area contributed by atoms with Gasteiger partial charge in [0.2, 0.25) is 0 Å². The SMILES string of the molecule is COc1ccccc1CN1CCc2c(n(CCOc3ccccc3)n(-c3ccccc3)c2=O)C1. The average Bonchev–Trinajstić information content (AvgIpc) is 3.16. The lowest BCUT2D eigenvalue weighted by Gasteiger charge is -2.28. The maximum atomic E-state index is 13.5. The zero-order chi connectivity index (χ0) is 23.3. The number of benzene rings is 3. The van der Waals surface area contributed by atoms with Gasteiger partial charge in [-0.1, -0.05) is 54.6 Å². The quantitative estimate of drug-likeness (QED) is 0.398. The Morgan fingerprint density at radius 2 is 1.59 bits per heavy atom. The van der Waals surface area contributed by atoms with Gasteiger partial charge < -0.3 is 9.47 Å². The summed E-state index contributed by atoms with van der Waals surface area (Å²) >= 11 is 0. The standard InChI is InChI=1S/C28H29N3O3/c1-33-27-15-9-8-10-22(27)20-29-17-16-25-26(21-29)30(18-19-34-24-13-6-3-7-14-24)31(28(25)32)23-11-4-2-5-12-23/h2-15H,16-21H2,1H3. The van der Waals surface area contributed by atoms with E-state index in [1.54, 1.807) is 7.11 Å². The summed E-state index contributed by atoms with van der Waals surface area (Å²) in [5.74, 6) is 1.72. The Bertz CT molecular complexity index is 1300. The monoisotopic (exact) mass is 455 g/mol. The van der Waals surface area contributed by atoms with Gasteiger partial charge in [0.15, 0.2) is 0 Å². The van der Waals surface area contributed by atoms with Crippen LogP contribution in [0.1, 0.15) is 16.8 Å². The summed E-state index contributed by atoms with van der Waals surface area (Å²) in [4.78, 5) is 15.9. The number of hydrogen-bond acceptors (Lipinski definition) is 4. The molecule has 0 saturated carbocycles. The van der Waals surface area contributed by atoms with Crippen molar-refractivity contribution in [2.24, 2.45) is 0 Å². The second-order valence-electron chi connectivity index (χ2n) is 8.43. The van der Waals surface area contributed by atoms with Crippen LogP contribution in [0.25, 0.3) is 5.69 Å². The predicted octanol–water partition coefficient (Wildman–Crippen LogP) is 4.28. The molecular weight excluding hydrogens is 426 g/mol. The molecule has 4 aromatic rings. The Labute approximate surface area is 199 Å². The van der Waals surface area contributed by atoms with E-state index < -0.39 is 0 Å². The highest BCUT2D eigenvalue weighted by Crippen LogP contribution is 2.24. The molecule has 1 aliphatic heterocycles. The van der Waals surface area contributed by atoms with Crippen molar-refractivity contribution in [1.29, 1.82) is 0 Å². The number of hydrogen-bond donors (Lipinski definition) is 0. The lowest BCUT2D eigenvalue weighted by atomic mass is 10.1. The largest absolute Gasteiger partial charge is 0.496 e. The molecule has 1 aliphatic rings. The van der Waals surface area contributed by atoms with Gasteiger partial charge in [0, 0.05) is 30.8 Å². The van der Waals surface area contributed by atoms with Gasteiger partial charge >= 0.3 is 0 Å². The van der Waals surface area contributed by atoms with Gasteiger partial charge in [-0.15, -0.1) is 0 Å². The number of fused-ring (bicyclic) bond motifs is 1. The third kappa shape index (κ3) is 4.50. The highest BCUT2D eigenvalue weighted by atomic mass is 16.5. The molecule has 3 aromatic carbocycles. The van der Waals surface area contributed by atoms with Crippen molar-refractivity contribution in [3.63, 3.8) is 0 Å².